The smallest absolute Gasteiger partial charge is 0.336 e. The van der Waals surface area contributed by atoms with Gasteiger partial charge in [-0.3, -0.25) is 0 Å². The average Bonchev–Trinajstić information content (AvgIpc) is 3.14. The van der Waals surface area contributed by atoms with E-state index >= 15 is 0 Å². The summed E-state index contributed by atoms with van der Waals surface area (Å²) < 4.78 is 18.6. The number of benzene rings is 2. The minimum absolute atomic E-state index is 0.106. The van der Waals surface area contributed by atoms with Gasteiger partial charge in [0.2, 0.25) is 0 Å². The number of carboxylic acid groups (broad SMARTS) is 2. The van der Waals surface area contributed by atoms with E-state index in [1.165, 1.54) is 26.4 Å². The normalized spacial score (nSPS) is 11.8. The molecule has 0 bridgehead atoms. The molecule has 2 N–H and O–H groups in total. The molecule has 8 nitrogen and oxygen atoms in total. The number of fused-ring (bicyclic) bond motifs is 1. The van der Waals surface area contributed by atoms with Crippen LogP contribution in [0, 0.1) is 0 Å². The highest BCUT2D eigenvalue weighted by molar-refractivity contribution is 7.00. The van der Waals surface area contributed by atoms with Crippen LogP contribution in [-0.2, 0) is 16.0 Å². The van der Waals surface area contributed by atoms with Crippen molar-refractivity contribution in [2.24, 2.45) is 0 Å². The van der Waals surface area contributed by atoms with Gasteiger partial charge in [-0.05, 0) is 35.4 Å². The average molecular weight is 400 g/mol. The number of ether oxygens (including phenoxy) is 2. The highest BCUT2D eigenvalue weighted by Crippen LogP contribution is 2.30. The zero-order chi connectivity index (χ0) is 20.3. The number of hydrogen-bond acceptors (Lipinski definition) is 7. The summed E-state index contributed by atoms with van der Waals surface area (Å²) >= 11 is 1.00. The second-order valence-corrected chi connectivity index (χ2v) is 6.33. The van der Waals surface area contributed by atoms with Gasteiger partial charge in [0, 0.05) is 6.42 Å². The Bertz CT molecular complexity index is 1090. The Balaban J connectivity index is 2.11. The number of aliphatic carboxylic acids is 2. The van der Waals surface area contributed by atoms with Crippen LogP contribution < -0.4 is 9.47 Å². The lowest BCUT2D eigenvalue weighted by atomic mass is 9.94. The molecule has 3 rings (SSSR count). The van der Waals surface area contributed by atoms with E-state index in [2.05, 4.69) is 8.75 Å². The Morgan fingerprint density at radius 1 is 0.929 bits per heavy atom. The van der Waals surface area contributed by atoms with Gasteiger partial charge < -0.3 is 19.7 Å². The van der Waals surface area contributed by atoms with Crippen molar-refractivity contribution in [2.75, 3.05) is 14.2 Å². The van der Waals surface area contributed by atoms with E-state index < -0.39 is 11.9 Å². The maximum Gasteiger partial charge on any atom is 0.336 e. The summed E-state index contributed by atoms with van der Waals surface area (Å²) in [6, 6.07) is 9.60. The van der Waals surface area contributed by atoms with Crippen LogP contribution >= 0.6 is 11.7 Å². The third kappa shape index (κ3) is 3.79. The van der Waals surface area contributed by atoms with Crippen molar-refractivity contribution in [3.8, 4) is 11.5 Å². The molecular weight excluding hydrogens is 384 g/mol. The van der Waals surface area contributed by atoms with Crippen LogP contribution in [0.15, 0.2) is 42.0 Å². The van der Waals surface area contributed by atoms with Crippen molar-refractivity contribution >= 4 is 40.3 Å². The molecule has 0 fully saturated rings. The van der Waals surface area contributed by atoms with Crippen LogP contribution in [0.1, 0.15) is 11.1 Å². The van der Waals surface area contributed by atoms with E-state index in [-0.39, 0.29) is 23.1 Å². The molecule has 0 saturated carbocycles. The van der Waals surface area contributed by atoms with Crippen LogP contribution in [-0.4, -0.2) is 45.1 Å². The van der Waals surface area contributed by atoms with Gasteiger partial charge in [-0.25, -0.2) is 9.59 Å². The van der Waals surface area contributed by atoms with Crippen molar-refractivity contribution in [2.45, 2.75) is 6.42 Å². The Morgan fingerprint density at radius 2 is 1.64 bits per heavy atom. The Morgan fingerprint density at radius 3 is 2.29 bits per heavy atom. The fraction of sp³-hybridized carbons (Fsp3) is 0.158. The number of nitrogens with zero attached hydrogens (tertiary/aromatic N) is 2. The largest absolute Gasteiger partial charge is 0.493 e. The zero-order valence-corrected chi connectivity index (χ0v) is 15.8. The molecule has 1 aromatic heterocycles. The number of carbonyl (C=O) groups is 2. The molecule has 0 atom stereocenters. The van der Waals surface area contributed by atoms with E-state index in [9.17, 15) is 19.8 Å². The maximum atomic E-state index is 11.9. The Labute approximate surface area is 164 Å². The van der Waals surface area contributed by atoms with Gasteiger partial charge in [-0.2, -0.15) is 8.75 Å². The van der Waals surface area contributed by atoms with E-state index in [1.54, 1.807) is 24.3 Å². The minimum atomic E-state index is -1.33. The summed E-state index contributed by atoms with van der Waals surface area (Å²) in [5, 5.41) is 19.4. The van der Waals surface area contributed by atoms with Gasteiger partial charge in [-0.15, -0.1) is 0 Å². The Kier molecular flexibility index (Phi) is 5.55. The zero-order valence-electron chi connectivity index (χ0n) is 15.0. The second-order valence-electron chi connectivity index (χ2n) is 5.80. The van der Waals surface area contributed by atoms with E-state index in [1.807, 2.05) is 0 Å². The lowest BCUT2D eigenvalue weighted by Crippen LogP contribution is -2.13. The van der Waals surface area contributed by atoms with Gasteiger partial charge in [-0.1, -0.05) is 12.1 Å². The molecule has 28 heavy (non-hydrogen) atoms. The molecule has 3 aromatic rings. The predicted octanol–water partition coefficient (Wildman–Crippen LogP) is 2.87. The lowest BCUT2D eigenvalue weighted by molar-refractivity contribution is -0.134. The minimum Gasteiger partial charge on any atom is -0.493 e. The summed E-state index contributed by atoms with van der Waals surface area (Å²) in [5.41, 5.74) is 1.42. The quantitative estimate of drug-likeness (QED) is 0.581. The van der Waals surface area contributed by atoms with Crippen LogP contribution in [0.25, 0.3) is 16.6 Å². The number of methoxy groups -OCH3 is 2. The van der Waals surface area contributed by atoms with Crippen molar-refractivity contribution in [1.29, 1.82) is 0 Å². The first-order chi connectivity index (χ1) is 13.4. The number of aromatic nitrogens is 2. The number of hydrogen-bond donors (Lipinski definition) is 2. The molecule has 0 spiro atoms. The predicted molar refractivity (Wildman–Crippen MR) is 103 cm³/mol. The first-order valence-corrected chi connectivity index (χ1v) is 8.81. The molecule has 0 aliphatic carbocycles. The molecule has 2 aromatic carbocycles. The standard InChI is InChI=1S/C19H16N2O6S/c1-26-15-6-3-10(8-16(15)27-2)7-12(18(22)23)17(19(24)25)11-4-5-13-14(9-11)21-28-20-13/h3-6,8-9H,7H2,1-2H3,(H,22,23)(H,24,25). The van der Waals surface area contributed by atoms with Gasteiger partial charge in [0.1, 0.15) is 11.0 Å². The van der Waals surface area contributed by atoms with Crippen molar-refractivity contribution in [3.05, 3.63) is 53.1 Å². The monoisotopic (exact) mass is 400 g/mol. The third-order valence-corrected chi connectivity index (χ3v) is 4.70. The second kappa shape index (κ2) is 8.05. The Hall–Kier alpha value is -3.46. The molecule has 9 heteroatoms. The number of carboxylic acids is 2. The summed E-state index contributed by atoms with van der Waals surface area (Å²) in [6.07, 6.45) is -0.106. The molecule has 0 unspecified atom stereocenters. The van der Waals surface area contributed by atoms with E-state index in [0.29, 0.717) is 28.1 Å². The van der Waals surface area contributed by atoms with Crippen molar-refractivity contribution < 1.29 is 29.3 Å². The molecule has 0 radical (unpaired) electrons. The summed E-state index contributed by atoms with van der Waals surface area (Å²) in [4.78, 5) is 23.8. The fourth-order valence-corrected chi connectivity index (χ4v) is 3.35. The topological polar surface area (TPSA) is 119 Å². The molecule has 144 valence electrons. The first kappa shape index (κ1) is 19.3. The van der Waals surface area contributed by atoms with Gasteiger partial charge in [0.15, 0.2) is 11.5 Å². The third-order valence-electron chi connectivity index (χ3n) is 4.15. The van der Waals surface area contributed by atoms with Gasteiger partial charge in [0.25, 0.3) is 0 Å². The molecule has 1 heterocycles. The lowest BCUT2D eigenvalue weighted by Gasteiger charge is -2.12. The molecule has 0 amide bonds. The molecule has 0 aliphatic rings. The van der Waals surface area contributed by atoms with Crippen LogP contribution in [0.3, 0.4) is 0 Å². The van der Waals surface area contributed by atoms with Crippen LogP contribution in [0.4, 0.5) is 0 Å². The van der Waals surface area contributed by atoms with Crippen molar-refractivity contribution in [1.82, 2.24) is 8.75 Å². The highest BCUT2D eigenvalue weighted by atomic mass is 32.1. The summed E-state index contributed by atoms with van der Waals surface area (Å²) in [5.74, 6) is -1.73. The molecule has 0 aliphatic heterocycles. The fourth-order valence-electron chi connectivity index (χ4n) is 2.83. The van der Waals surface area contributed by atoms with Gasteiger partial charge in [0.05, 0.1) is 37.1 Å². The van der Waals surface area contributed by atoms with Crippen LogP contribution in [0.2, 0.25) is 0 Å². The summed E-state index contributed by atoms with van der Waals surface area (Å²) in [7, 11) is 2.96. The summed E-state index contributed by atoms with van der Waals surface area (Å²) in [6.45, 7) is 0. The molecular formula is C19H16N2O6S. The highest BCUT2D eigenvalue weighted by Gasteiger charge is 2.23. The van der Waals surface area contributed by atoms with Gasteiger partial charge >= 0.3 is 11.9 Å². The van der Waals surface area contributed by atoms with Crippen LogP contribution in [0.5, 0.6) is 11.5 Å². The van der Waals surface area contributed by atoms with E-state index in [4.69, 9.17) is 9.47 Å². The van der Waals surface area contributed by atoms with E-state index in [0.717, 1.165) is 11.7 Å². The van der Waals surface area contributed by atoms with Crippen molar-refractivity contribution in [3.63, 3.8) is 0 Å². The SMILES string of the molecule is COc1ccc(CC(C(=O)O)=C(C(=O)O)c2ccc3nsnc3c2)cc1OC. The first-order valence-electron chi connectivity index (χ1n) is 8.08. The maximum absolute atomic E-state index is 11.9. The number of rotatable bonds is 7. The molecule has 0 saturated heterocycles.